The van der Waals surface area contributed by atoms with Gasteiger partial charge < -0.3 is 0 Å². The van der Waals surface area contributed by atoms with Gasteiger partial charge in [0.2, 0.25) is 0 Å². The van der Waals surface area contributed by atoms with Gasteiger partial charge in [0.15, 0.2) is 0 Å². The average molecular weight is 364 g/mol. The molecule has 0 unspecified atom stereocenters. The van der Waals surface area contributed by atoms with Gasteiger partial charge in [0.1, 0.15) is 0 Å². The van der Waals surface area contributed by atoms with Crippen LogP contribution in [0.1, 0.15) is 5.56 Å². The molecule has 0 N–H and O–H groups in total. The van der Waals surface area contributed by atoms with Crippen LogP contribution in [-0.2, 0) is 0 Å². The molecule has 0 atom stereocenters. The Morgan fingerprint density at radius 2 is 1.48 bits per heavy atom. The van der Waals surface area contributed by atoms with Crippen molar-refractivity contribution >= 4 is 37.6 Å². The summed E-state index contributed by atoms with van der Waals surface area (Å²) in [5, 5.41) is 2.83. The van der Waals surface area contributed by atoms with E-state index in [1.165, 1.54) is 0 Å². The molecule has 0 saturated heterocycles. The first-order valence-electron chi connectivity index (χ1n) is 7.46. The second kappa shape index (κ2) is 5.36. The summed E-state index contributed by atoms with van der Waals surface area (Å²) in [5.41, 5.74) is 2.92. The summed E-state index contributed by atoms with van der Waals surface area (Å²) in [4.78, 5) is 13.1. The molecule has 1 aromatic heterocycles. The van der Waals surface area contributed by atoms with Gasteiger partial charge in [-0.1, -0.05) is 52.3 Å². The Bertz CT molecular complexity index is 1110. The third-order valence-corrected chi connectivity index (χ3v) is 4.69. The molecule has 0 radical (unpaired) electrons. The van der Waals surface area contributed by atoms with Crippen LogP contribution in [0, 0.1) is 6.92 Å². The van der Waals surface area contributed by atoms with Crippen LogP contribution in [0.3, 0.4) is 0 Å². The molecule has 112 valence electrons. The number of halogens is 1. The summed E-state index contributed by atoms with van der Waals surface area (Å²) in [5.74, 6) is 0. The Balaban J connectivity index is 2.25. The first kappa shape index (κ1) is 14.2. The molecule has 0 aliphatic heterocycles. The zero-order valence-electron chi connectivity index (χ0n) is 12.6. The van der Waals surface area contributed by atoms with Crippen molar-refractivity contribution in [2.45, 2.75) is 6.92 Å². The Kier molecular flexibility index (Phi) is 3.31. The van der Waals surface area contributed by atoms with Crippen LogP contribution < -0.4 is 5.56 Å². The van der Waals surface area contributed by atoms with Gasteiger partial charge >= 0.3 is 0 Å². The molecule has 0 fully saturated rings. The van der Waals surface area contributed by atoms with Crippen LogP contribution in [0.5, 0.6) is 0 Å². The minimum absolute atomic E-state index is 0.0183. The third-order valence-electron chi connectivity index (χ3n) is 4.20. The van der Waals surface area contributed by atoms with Crippen molar-refractivity contribution in [2.75, 3.05) is 0 Å². The van der Waals surface area contributed by atoms with E-state index in [2.05, 4.69) is 22.0 Å². The van der Waals surface area contributed by atoms with E-state index in [0.717, 1.165) is 37.4 Å². The molecule has 0 amide bonds. The van der Waals surface area contributed by atoms with Crippen LogP contribution in [0.15, 0.2) is 76.0 Å². The number of nitrogens with zero attached hydrogens (tertiary/aromatic N) is 1. The van der Waals surface area contributed by atoms with Gasteiger partial charge in [-0.05, 0) is 48.2 Å². The number of benzene rings is 3. The summed E-state index contributed by atoms with van der Waals surface area (Å²) in [7, 11) is 0. The van der Waals surface area contributed by atoms with Crippen molar-refractivity contribution in [3.8, 4) is 5.69 Å². The highest BCUT2D eigenvalue weighted by molar-refractivity contribution is 9.10. The highest BCUT2D eigenvalue weighted by Gasteiger charge is 2.13. The maximum atomic E-state index is 13.1. The Morgan fingerprint density at radius 1 is 0.826 bits per heavy atom. The average Bonchev–Trinajstić information content (AvgIpc) is 2.57. The van der Waals surface area contributed by atoms with Gasteiger partial charge in [-0.2, -0.15) is 0 Å². The molecule has 0 spiro atoms. The fraction of sp³-hybridized carbons (Fsp3) is 0.0500. The number of aryl methyl sites for hydroxylation is 1. The maximum Gasteiger partial charge on any atom is 0.263 e. The van der Waals surface area contributed by atoms with Gasteiger partial charge in [-0.25, -0.2) is 0 Å². The van der Waals surface area contributed by atoms with Gasteiger partial charge in [0.05, 0.1) is 11.2 Å². The minimum Gasteiger partial charge on any atom is -0.276 e. The molecule has 0 bridgehead atoms. The lowest BCUT2D eigenvalue weighted by Gasteiger charge is -2.15. The van der Waals surface area contributed by atoms with E-state index in [9.17, 15) is 4.79 Å². The predicted molar refractivity (Wildman–Crippen MR) is 99.5 cm³/mol. The Morgan fingerprint density at radius 3 is 2.22 bits per heavy atom. The summed E-state index contributed by atoms with van der Waals surface area (Å²) in [6.07, 6.45) is 0. The minimum atomic E-state index is 0.0183. The number of fused-ring (bicyclic) bond motifs is 3. The van der Waals surface area contributed by atoms with Crippen molar-refractivity contribution in [1.29, 1.82) is 0 Å². The van der Waals surface area contributed by atoms with E-state index in [4.69, 9.17) is 0 Å². The van der Waals surface area contributed by atoms with Gasteiger partial charge in [-0.3, -0.25) is 9.36 Å². The molecule has 0 aliphatic carbocycles. The maximum absolute atomic E-state index is 13.1. The smallest absolute Gasteiger partial charge is 0.263 e. The lowest BCUT2D eigenvalue weighted by atomic mass is 10.1. The van der Waals surface area contributed by atoms with Crippen LogP contribution in [0.25, 0.3) is 27.4 Å². The standard InChI is InChI=1S/C20H14BrNO/c1-13-12-14(21)10-11-18(13)22-19-9-5-4-7-16(19)15-6-2-3-8-17(15)20(22)23/h2-12H,1H3. The van der Waals surface area contributed by atoms with Crippen LogP contribution >= 0.6 is 15.9 Å². The number of para-hydroxylation sites is 1. The van der Waals surface area contributed by atoms with E-state index in [1.54, 1.807) is 0 Å². The SMILES string of the molecule is Cc1cc(Br)ccc1-n1c(=O)c2ccccc2c2ccccc21. The molecule has 3 heteroatoms. The van der Waals surface area contributed by atoms with Gasteiger partial charge in [0, 0.05) is 15.2 Å². The Hall–Kier alpha value is -2.39. The first-order chi connectivity index (χ1) is 11.2. The third kappa shape index (κ3) is 2.20. The van der Waals surface area contributed by atoms with Crippen molar-refractivity contribution in [3.05, 3.63) is 87.1 Å². The molecule has 3 aromatic carbocycles. The molecule has 0 saturated carbocycles. The Labute approximate surface area is 142 Å². The first-order valence-corrected chi connectivity index (χ1v) is 8.25. The fourth-order valence-corrected chi connectivity index (χ4v) is 3.62. The van der Waals surface area contributed by atoms with Crippen molar-refractivity contribution < 1.29 is 0 Å². The zero-order valence-corrected chi connectivity index (χ0v) is 14.2. The summed E-state index contributed by atoms with van der Waals surface area (Å²) in [6.45, 7) is 2.02. The molecule has 0 aliphatic rings. The van der Waals surface area contributed by atoms with Crippen molar-refractivity contribution in [2.24, 2.45) is 0 Å². The number of hydrogen-bond donors (Lipinski definition) is 0. The largest absolute Gasteiger partial charge is 0.276 e. The second-order valence-electron chi connectivity index (χ2n) is 5.63. The van der Waals surface area contributed by atoms with Crippen molar-refractivity contribution in [3.63, 3.8) is 0 Å². The zero-order chi connectivity index (χ0) is 16.0. The monoisotopic (exact) mass is 363 g/mol. The number of aromatic nitrogens is 1. The number of rotatable bonds is 1. The second-order valence-corrected chi connectivity index (χ2v) is 6.55. The highest BCUT2D eigenvalue weighted by Crippen LogP contribution is 2.26. The molecular formula is C20H14BrNO. The molecule has 1 heterocycles. The van der Waals surface area contributed by atoms with E-state index in [-0.39, 0.29) is 5.56 Å². The molecule has 2 nitrogen and oxygen atoms in total. The molecule has 4 aromatic rings. The topological polar surface area (TPSA) is 22.0 Å². The quantitative estimate of drug-likeness (QED) is 0.425. The molecular weight excluding hydrogens is 350 g/mol. The van der Waals surface area contributed by atoms with Crippen LogP contribution in [0.4, 0.5) is 0 Å². The molecule has 4 rings (SSSR count). The van der Waals surface area contributed by atoms with Gasteiger partial charge in [-0.15, -0.1) is 0 Å². The van der Waals surface area contributed by atoms with E-state index in [0.29, 0.717) is 0 Å². The van der Waals surface area contributed by atoms with Crippen LogP contribution in [0.2, 0.25) is 0 Å². The van der Waals surface area contributed by atoms with E-state index < -0.39 is 0 Å². The lowest BCUT2D eigenvalue weighted by Crippen LogP contribution is -2.20. The van der Waals surface area contributed by atoms with E-state index in [1.807, 2.05) is 72.2 Å². The van der Waals surface area contributed by atoms with Crippen molar-refractivity contribution in [1.82, 2.24) is 4.57 Å². The fourth-order valence-electron chi connectivity index (χ4n) is 3.14. The summed E-state index contributed by atoms with van der Waals surface area (Å²) in [6, 6.07) is 21.9. The summed E-state index contributed by atoms with van der Waals surface area (Å²) >= 11 is 3.49. The number of hydrogen-bond acceptors (Lipinski definition) is 1. The van der Waals surface area contributed by atoms with E-state index >= 15 is 0 Å². The van der Waals surface area contributed by atoms with Crippen LogP contribution in [-0.4, -0.2) is 4.57 Å². The van der Waals surface area contributed by atoms with Gasteiger partial charge in [0.25, 0.3) is 5.56 Å². The summed E-state index contributed by atoms with van der Waals surface area (Å²) < 4.78 is 2.83. The normalized spacial score (nSPS) is 11.2. The molecule has 23 heavy (non-hydrogen) atoms. The number of pyridine rings is 1. The highest BCUT2D eigenvalue weighted by atomic mass is 79.9. The predicted octanol–water partition coefficient (Wildman–Crippen LogP) is 5.21. The lowest BCUT2D eigenvalue weighted by molar-refractivity contribution is 1.04.